The molecule has 86 valence electrons. The summed E-state index contributed by atoms with van der Waals surface area (Å²) in [4.78, 5) is 0. The van der Waals surface area contributed by atoms with Crippen molar-refractivity contribution in [3.05, 3.63) is 38.8 Å². The minimum atomic E-state index is -0.386. The van der Waals surface area contributed by atoms with Gasteiger partial charge in [-0.15, -0.1) is 11.3 Å². The van der Waals surface area contributed by atoms with Crippen molar-refractivity contribution in [2.24, 2.45) is 7.05 Å². The number of hydrogen-bond donors (Lipinski definition) is 1. The van der Waals surface area contributed by atoms with Crippen LogP contribution >= 0.6 is 27.3 Å². The molecule has 0 aliphatic heterocycles. The molecule has 2 aromatic rings. The van der Waals surface area contributed by atoms with Crippen LogP contribution in [0.15, 0.2) is 27.6 Å². The van der Waals surface area contributed by atoms with E-state index in [-0.39, 0.29) is 6.10 Å². The van der Waals surface area contributed by atoms with Crippen LogP contribution in [0.4, 0.5) is 0 Å². The second-order valence-electron chi connectivity index (χ2n) is 3.76. The van der Waals surface area contributed by atoms with Crippen LogP contribution in [0, 0.1) is 0 Å². The fraction of sp³-hybridized carbons (Fsp3) is 0.364. The molecule has 3 nitrogen and oxygen atoms in total. The van der Waals surface area contributed by atoms with Gasteiger partial charge in [-0.25, -0.2) is 0 Å². The number of aliphatic hydroxyl groups is 1. The van der Waals surface area contributed by atoms with Gasteiger partial charge in [-0.05, 0) is 51.3 Å². The fourth-order valence-electron chi connectivity index (χ4n) is 1.57. The maximum absolute atomic E-state index is 9.96. The molecule has 0 fully saturated rings. The molecular formula is C11H13BrN2OS. The molecule has 0 aliphatic rings. The molecule has 0 bridgehead atoms. The Bertz CT molecular complexity index is 466. The Hall–Kier alpha value is -0.650. The molecule has 0 saturated carbocycles. The van der Waals surface area contributed by atoms with E-state index in [4.69, 9.17) is 0 Å². The highest BCUT2D eigenvalue weighted by Gasteiger charge is 2.10. The van der Waals surface area contributed by atoms with Gasteiger partial charge in [0.05, 0.1) is 16.1 Å². The topological polar surface area (TPSA) is 38.0 Å². The van der Waals surface area contributed by atoms with Crippen molar-refractivity contribution >= 4 is 27.3 Å². The minimum Gasteiger partial charge on any atom is -0.388 e. The fourth-order valence-corrected chi connectivity index (χ4v) is 2.79. The SMILES string of the molecule is Cn1cc(CCC(O)c2csc(Br)c2)cn1. The summed E-state index contributed by atoms with van der Waals surface area (Å²) in [6, 6.07) is 1.97. The number of halogens is 1. The molecule has 1 atom stereocenters. The van der Waals surface area contributed by atoms with Crippen LogP contribution in [0.5, 0.6) is 0 Å². The summed E-state index contributed by atoms with van der Waals surface area (Å²) in [6.07, 6.45) is 5.02. The first kappa shape index (κ1) is 11.8. The highest BCUT2D eigenvalue weighted by molar-refractivity contribution is 9.11. The lowest BCUT2D eigenvalue weighted by Gasteiger charge is -2.06. The van der Waals surface area contributed by atoms with E-state index in [1.807, 2.05) is 30.9 Å². The van der Waals surface area contributed by atoms with Crippen LogP contribution in [0.1, 0.15) is 23.7 Å². The lowest BCUT2D eigenvalue weighted by Crippen LogP contribution is -1.97. The van der Waals surface area contributed by atoms with Crippen molar-refractivity contribution < 1.29 is 5.11 Å². The quantitative estimate of drug-likeness (QED) is 0.943. The third kappa shape index (κ3) is 2.93. The Morgan fingerprint density at radius 3 is 3.00 bits per heavy atom. The molecule has 16 heavy (non-hydrogen) atoms. The zero-order valence-electron chi connectivity index (χ0n) is 8.93. The Kier molecular flexibility index (Phi) is 3.78. The molecule has 0 aliphatic carbocycles. The maximum atomic E-state index is 9.96. The molecule has 0 spiro atoms. The molecule has 2 heterocycles. The third-order valence-corrected chi connectivity index (χ3v) is 3.96. The van der Waals surface area contributed by atoms with Gasteiger partial charge >= 0.3 is 0 Å². The number of hydrogen-bond acceptors (Lipinski definition) is 3. The molecule has 2 rings (SSSR count). The van der Waals surface area contributed by atoms with E-state index < -0.39 is 0 Å². The molecule has 1 unspecified atom stereocenters. The van der Waals surface area contributed by atoms with Gasteiger partial charge in [0, 0.05) is 13.2 Å². The van der Waals surface area contributed by atoms with Crippen LogP contribution in [-0.2, 0) is 13.5 Å². The van der Waals surface area contributed by atoms with Crippen molar-refractivity contribution in [1.82, 2.24) is 9.78 Å². The molecule has 0 amide bonds. The summed E-state index contributed by atoms with van der Waals surface area (Å²) >= 11 is 4.99. The van der Waals surface area contributed by atoms with Crippen LogP contribution in [0.3, 0.4) is 0 Å². The lowest BCUT2D eigenvalue weighted by molar-refractivity contribution is 0.168. The average Bonchev–Trinajstić information content (AvgIpc) is 2.84. The second kappa shape index (κ2) is 5.12. The highest BCUT2D eigenvalue weighted by Crippen LogP contribution is 2.27. The predicted octanol–water partition coefficient (Wildman–Crippen LogP) is 2.91. The van der Waals surface area contributed by atoms with E-state index in [1.54, 1.807) is 16.0 Å². The van der Waals surface area contributed by atoms with Crippen LogP contribution in [0.25, 0.3) is 0 Å². The lowest BCUT2D eigenvalue weighted by atomic mass is 10.1. The molecule has 0 aromatic carbocycles. The highest BCUT2D eigenvalue weighted by atomic mass is 79.9. The van der Waals surface area contributed by atoms with Crippen molar-refractivity contribution in [2.75, 3.05) is 0 Å². The Morgan fingerprint density at radius 2 is 2.44 bits per heavy atom. The number of aryl methyl sites for hydroxylation is 2. The van der Waals surface area contributed by atoms with Crippen LogP contribution in [0.2, 0.25) is 0 Å². The monoisotopic (exact) mass is 300 g/mol. The first-order chi connectivity index (χ1) is 7.65. The number of aromatic nitrogens is 2. The summed E-state index contributed by atoms with van der Waals surface area (Å²) in [6.45, 7) is 0. The smallest absolute Gasteiger partial charge is 0.0801 e. The normalized spacial score (nSPS) is 12.9. The van der Waals surface area contributed by atoms with E-state index in [1.165, 1.54) is 0 Å². The second-order valence-corrected chi connectivity index (χ2v) is 6.05. The zero-order chi connectivity index (χ0) is 11.5. The third-order valence-electron chi connectivity index (χ3n) is 2.44. The van der Waals surface area contributed by atoms with Crippen LogP contribution in [-0.4, -0.2) is 14.9 Å². The maximum Gasteiger partial charge on any atom is 0.0801 e. The number of aliphatic hydroxyl groups excluding tert-OH is 1. The standard InChI is InChI=1S/C11H13BrN2OS/c1-14-6-8(5-13-14)2-3-10(15)9-4-11(12)16-7-9/h4-7,10,15H,2-3H2,1H3. The Labute approximate surface area is 107 Å². The first-order valence-corrected chi connectivity index (χ1v) is 6.72. The van der Waals surface area contributed by atoms with Crippen molar-refractivity contribution in [3.63, 3.8) is 0 Å². The van der Waals surface area contributed by atoms with Gasteiger partial charge in [-0.2, -0.15) is 5.10 Å². The van der Waals surface area contributed by atoms with Gasteiger partial charge in [0.25, 0.3) is 0 Å². The summed E-state index contributed by atoms with van der Waals surface area (Å²) in [7, 11) is 1.90. The van der Waals surface area contributed by atoms with Gasteiger partial charge in [0.15, 0.2) is 0 Å². The zero-order valence-corrected chi connectivity index (χ0v) is 11.3. The number of thiophene rings is 1. The summed E-state index contributed by atoms with van der Waals surface area (Å²) in [5, 5.41) is 16.0. The molecular weight excluding hydrogens is 288 g/mol. The molecule has 2 aromatic heterocycles. The Morgan fingerprint density at radius 1 is 1.62 bits per heavy atom. The predicted molar refractivity (Wildman–Crippen MR) is 68.5 cm³/mol. The van der Waals surface area contributed by atoms with E-state index in [0.717, 1.165) is 27.8 Å². The summed E-state index contributed by atoms with van der Waals surface area (Å²) < 4.78 is 2.84. The van der Waals surface area contributed by atoms with Gasteiger partial charge < -0.3 is 5.11 Å². The van der Waals surface area contributed by atoms with Gasteiger partial charge in [-0.3, -0.25) is 4.68 Å². The Balaban J connectivity index is 1.91. The van der Waals surface area contributed by atoms with Crippen molar-refractivity contribution in [3.8, 4) is 0 Å². The number of nitrogens with zero attached hydrogens (tertiary/aromatic N) is 2. The van der Waals surface area contributed by atoms with Gasteiger partial charge in [0.1, 0.15) is 0 Å². The van der Waals surface area contributed by atoms with Crippen LogP contribution < -0.4 is 0 Å². The van der Waals surface area contributed by atoms with E-state index >= 15 is 0 Å². The first-order valence-electron chi connectivity index (χ1n) is 5.04. The van der Waals surface area contributed by atoms with Gasteiger partial charge in [0.2, 0.25) is 0 Å². The molecule has 0 saturated heterocycles. The summed E-state index contributed by atoms with van der Waals surface area (Å²) in [5.74, 6) is 0. The number of rotatable bonds is 4. The van der Waals surface area contributed by atoms with Crippen molar-refractivity contribution in [1.29, 1.82) is 0 Å². The molecule has 1 N–H and O–H groups in total. The molecule has 5 heteroatoms. The largest absolute Gasteiger partial charge is 0.388 e. The van der Waals surface area contributed by atoms with E-state index in [0.29, 0.717) is 0 Å². The minimum absolute atomic E-state index is 0.386. The van der Waals surface area contributed by atoms with Gasteiger partial charge in [-0.1, -0.05) is 0 Å². The summed E-state index contributed by atoms with van der Waals surface area (Å²) in [5.41, 5.74) is 2.15. The van der Waals surface area contributed by atoms with Crippen molar-refractivity contribution in [2.45, 2.75) is 18.9 Å². The average molecular weight is 301 g/mol. The molecule has 0 radical (unpaired) electrons. The van der Waals surface area contributed by atoms with E-state index in [9.17, 15) is 5.11 Å². The van der Waals surface area contributed by atoms with E-state index in [2.05, 4.69) is 21.0 Å².